The zero-order valence-corrected chi connectivity index (χ0v) is 17.6. The molecule has 9 heteroatoms. The van der Waals surface area contributed by atoms with Crippen molar-refractivity contribution in [1.82, 2.24) is 14.7 Å². The van der Waals surface area contributed by atoms with Gasteiger partial charge in [-0.05, 0) is 53.2 Å². The lowest BCUT2D eigenvalue weighted by molar-refractivity contribution is 0.0747. The highest BCUT2D eigenvalue weighted by Gasteiger charge is 2.19. The highest BCUT2D eigenvalue weighted by molar-refractivity contribution is 9.10. The second kappa shape index (κ2) is 8.79. The van der Waals surface area contributed by atoms with E-state index in [1.807, 2.05) is 13.1 Å². The highest BCUT2D eigenvalue weighted by atomic mass is 79.9. The number of aromatic nitrogens is 2. The number of hydrogen-bond donors (Lipinski definition) is 0. The van der Waals surface area contributed by atoms with Crippen LogP contribution in [-0.4, -0.2) is 27.6 Å². The van der Waals surface area contributed by atoms with Crippen LogP contribution in [0.25, 0.3) is 0 Å². The summed E-state index contributed by atoms with van der Waals surface area (Å²) in [4.78, 5) is 14.1. The van der Waals surface area contributed by atoms with Gasteiger partial charge < -0.3 is 14.1 Å². The summed E-state index contributed by atoms with van der Waals surface area (Å²) in [6, 6.07) is 7.10. The van der Waals surface area contributed by atoms with Gasteiger partial charge in [-0.1, -0.05) is 11.6 Å². The number of carbonyl (C=O) groups is 1. The maximum absolute atomic E-state index is 13.1. The van der Waals surface area contributed by atoms with Crippen LogP contribution in [0.2, 0.25) is 5.02 Å². The zero-order valence-electron chi connectivity index (χ0n) is 15.3. The van der Waals surface area contributed by atoms with E-state index >= 15 is 0 Å². The second-order valence-corrected chi connectivity index (χ2v) is 7.33. The molecule has 0 aliphatic carbocycles. The lowest BCUT2D eigenvalue weighted by Gasteiger charge is -2.14. The molecule has 0 aliphatic rings. The minimum atomic E-state index is -0.443. The average molecular weight is 471 g/mol. The third-order valence-electron chi connectivity index (χ3n) is 3.98. The van der Waals surface area contributed by atoms with Crippen molar-refractivity contribution in [2.45, 2.75) is 26.6 Å². The van der Waals surface area contributed by atoms with Crippen molar-refractivity contribution in [3.8, 4) is 5.75 Å². The van der Waals surface area contributed by atoms with E-state index in [0.29, 0.717) is 18.1 Å². The monoisotopic (exact) mass is 469 g/mol. The van der Waals surface area contributed by atoms with E-state index in [0.717, 1.165) is 16.7 Å². The molecule has 2 aromatic heterocycles. The van der Waals surface area contributed by atoms with Crippen LogP contribution in [0.3, 0.4) is 0 Å². The van der Waals surface area contributed by atoms with Gasteiger partial charge in [0.15, 0.2) is 5.76 Å². The number of amides is 1. The fraction of sp³-hybridized carbons (Fsp3) is 0.263. The normalized spacial score (nSPS) is 10.9. The average Bonchev–Trinajstić information content (AvgIpc) is 3.27. The van der Waals surface area contributed by atoms with Crippen molar-refractivity contribution in [2.75, 3.05) is 7.05 Å². The number of carbonyl (C=O) groups excluding carboxylic acids is 1. The Balaban J connectivity index is 1.62. The second-order valence-electron chi connectivity index (χ2n) is 6.07. The van der Waals surface area contributed by atoms with Crippen LogP contribution < -0.4 is 4.74 Å². The number of nitrogens with zero attached hydrogens (tertiary/aromatic N) is 3. The Morgan fingerprint density at radius 3 is 2.86 bits per heavy atom. The molecule has 0 bridgehead atoms. The number of furan rings is 1. The van der Waals surface area contributed by atoms with E-state index in [1.165, 1.54) is 23.1 Å². The molecule has 2 heterocycles. The lowest BCUT2D eigenvalue weighted by atomic mass is 10.3. The molecule has 0 N–H and O–H groups in total. The predicted octanol–water partition coefficient (Wildman–Crippen LogP) is 4.90. The van der Waals surface area contributed by atoms with Crippen molar-refractivity contribution in [3.63, 3.8) is 0 Å². The predicted molar refractivity (Wildman–Crippen MR) is 106 cm³/mol. The largest absolute Gasteiger partial charge is 0.484 e. The van der Waals surface area contributed by atoms with Gasteiger partial charge in [0, 0.05) is 19.8 Å². The summed E-state index contributed by atoms with van der Waals surface area (Å²) in [5.41, 5.74) is 0.763. The molecule has 3 rings (SSSR count). The topological polar surface area (TPSA) is 60.5 Å². The number of benzene rings is 1. The first kappa shape index (κ1) is 20.4. The van der Waals surface area contributed by atoms with Gasteiger partial charge in [0.25, 0.3) is 5.91 Å². The van der Waals surface area contributed by atoms with Gasteiger partial charge in [-0.2, -0.15) is 5.10 Å². The molecular weight excluding hydrogens is 453 g/mol. The Bertz CT molecular complexity index is 989. The molecular formula is C19H18BrClFN3O3. The van der Waals surface area contributed by atoms with Gasteiger partial charge in [-0.3, -0.25) is 9.48 Å². The molecule has 1 aromatic carbocycles. The van der Waals surface area contributed by atoms with Gasteiger partial charge in [0.2, 0.25) is 0 Å². The Labute approximate surface area is 175 Å². The minimum Gasteiger partial charge on any atom is -0.484 e. The van der Waals surface area contributed by atoms with E-state index in [2.05, 4.69) is 21.0 Å². The van der Waals surface area contributed by atoms with E-state index in [-0.39, 0.29) is 23.3 Å². The van der Waals surface area contributed by atoms with Crippen LogP contribution in [0, 0.1) is 5.82 Å². The van der Waals surface area contributed by atoms with Crippen LogP contribution in [0.4, 0.5) is 4.39 Å². The van der Waals surface area contributed by atoms with E-state index < -0.39 is 5.82 Å². The third-order valence-corrected chi connectivity index (χ3v) is 4.94. The number of hydrogen-bond acceptors (Lipinski definition) is 4. The summed E-state index contributed by atoms with van der Waals surface area (Å²) in [6.07, 6.45) is 1.87. The van der Waals surface area contributed by atoms with Gasteiger partial charge in [0.1, 0.15) is 23.9 Å². The number of ether oxygens (including phenoxy) is 1. The Morgan fingerprint density at radius 2 is 2.18 bits per heavy atom. The Kier molecular flexibility index (Phi) is 6.41. The van der Waals surface area contributed by atoms with Crippen LogP contribution in [0.1, 0.15) is 28.9 Å². The van der Waals surface area contributed by atoms with Gasteiger partial charge in [-0.15, -0.1) is 0 Å². The minimum absolute atomic E-state index is 0.0643. The Hall–Kier alpha value is -2.32. The van der Waals surface area contributed by atoms with Gasteiger partial charge in [-0.25, -0.2) is 4.39 Å². The maximum atomic E-state index is 13.1. The molecule has 148 valence electrons. The first-order valence-corrected chi connectivity index (χ1v) is 9.68. The molecule has 0 atom stereocenters. The van der Waals surface area contributed by atoms with Crippen molar-refractivity contribution in [2.24, 2.45) is 0 Å². The first-order valence-electron chi connectivity index (χ1n) is 8.51. The lowest BCUT2D eigenvalue weighted by Crippen LogP contribution is -2.26. The number of aryl methyl sites for hydroxylation is 1. The number of rotatable bonds is 7. The summed E-state index contributed by atoms with van der Waals surface area (Å²) in [5, 5.41) is 4.58. The maximum Gasteiger partial charge on any atom is 0.289 e. The molecule has 0 saturated heterocycles. The molecule has 0 fully saturated rings. The van der Waals surface area contributed by atoms with Crippen molar-refractivity contribution in [3.05, 3.63) is 69.1 Å². The summed E-state index contributed by atoms with van der Waals surface area (Å²) in [7, 11) is 1.68. The van der Waals surface area contributed by atoms with Crippen LogP contribution >= 0.6 is 27.5 Å². The fourth-order valence-electron chi connectivity index (χ4n) is 2.50. The highest BCUT2D eigenvalue weighted by Crippen LogP contribution is 2.26. The molecule has 6 nitrogen and oxygen atoms in total. The molecule has 1 amide bonds. The van der Waals surface area contributed by atoms with E-state index in [1.54, 1.807) is 23.9 Å². The van der Waals surface area contributed by atoms with Crippen LogP contribution in [0.5, 0.6) is 5.75 Å². The quantitative estimate of drug-likeness (QED) is 0.493. The smallest absolute Gasteiger partial charge is 0.289 e. The van der Waals surface area contributed by atoms with Crippen molar-refractivity contribution in [1.29, 1.82) is 0 Å². The molecule has 3 aromatic rings. The van der Waals surface area contributed by atoms with Crippen LogP contribution in [0.15, 0.2) is 45.4 Å². The standard InChI is InChI=1S/C19H18BrClFN3O3/c1-3-25-9-14(20)16(23-25)10-24(2)19(26)18-7-5-13(28-18)11-27-17-6-4-12(22)8-15(17)21/h4-9H,3,10-11H2,1-2H3. The molecule has 0 radical (unpaired) electrons. The van der Waals surface area contributed by atoms with E-state index in [4.69, 9.17) is 20.8 Å². The number of halogens is 3. The molecule has 0 spiro atoms. The summed E-state index contributed by atoms with van der Waals surface area (Å²) >= 11 is 9.38. The summed E-state index contributed by atoms with van der Waals surface area (Å²) in [5.74, 6) is 0.262. The Morgan fingerprint density at radius 1 is 1.39 bits per heavy atom. The zero-order chi connectivity index (χ0) is 20.3. The first-order chi connectivity index (χ1) is 13.4. The fourth-order valence-corrected chi connectivity index (χ4v) is 3.17. The molecule has 28 heavy (non-hydrogen) atoms. The van der Waals surface area contributed by atoms with Gasteiger partial charge >= 0.3 is 0 Å². The van der Waals surface area contributed by atoms with Gasteiger partial charge in [0.05, 0.1) is 21.7 Å². The van der Waals surface area contributed by atoms with Crippen molar-refractivity contribution >= 4 is 33.4 Å². The third kappa shape index (κ3) is 4.74. The summed E-state index contributed by atoms with van der Waals surface area (Å²) in [6.45, 7) is 3.14. The van der Waals surface area contributed by atoms with E-state index in [9.17, 15) is 9.18 Å². The summed E-state index contributed by atoms with van der Waals surface area (Å²) < 4.78 is 26.8. The van der Waals surface area contributed by atoms with Crippen LogP contribution in [-0.2, 0) is 19.7 Å². The SMILES string of the molecule is CCn1cc(Br)c(CN(C)C(=O)c2ccc(COc3ccc(F)cc3Cl)o2)n1. The molecule has 0 aliphatic heterocycles. The molecule has 0 unspecified atom stereocenters. The molecule has 0 saturated carbocycles. The van der Waals surface area contributed by atoms with Crippen molar-refractivity contribution < 1.29 is 18.3 Å².